The Bertz CT molecular complexity index is 1310. The molecule has 1 aliphatic rings. The Labute approximate surface area is 193 Å². The Kier molecular flexibility index (Phi) is 6.38. The van der Waals surface area contributed by atoms with Gasteiger partial charge in [-0.15, -0.1) is 0 Å². The number of fused-ring (bicyclic) bond motifs is 1. The zero-order valence-corrected chi connectivity index (χ0v) is 18.6. The Hall–Kier alpha value is -3.43. The summed E-state index contributed by atoms with van der Waals surface area (Å²) in [5, 5.41) is 3.49. The number of amides is 2. The summed E-state index contributed by atoms with van der Waals surface area (Å²) in [5.41, 5.74) is 1.35. The quantitative estimate of drug-likeness (QED) is 0.333. The van der Waals surface area contributed by atoms with Crippen LogP contribution in [0.3, 0.4) is 0 Å². The van der Waals surface area contributed by atoms with Gasteiger partial charge in [-0.05, 0) is 36.4 Å². The molecule has 0 radical (unpaired) electrons. The maximum absolute atomic E-state index is 12.8. The Morgan fingerprint density at radius 2 is 2.00 bits per heavy atom. The van der Waals surface area contributed by atoms with Crippen LogP contribution in [0, 0.1) is 0 Å². The molecule has 9 heteroatoms. The van der Waals surface area contributed by atoms with E-state index in [1.165, 1.54) is 22.7 Å². The van der Waals surface area contributed by atoms with Crippen molar-refractivity contribution in [2.24, 2.45) is 0 Å². The topological polar surface area (TPSA) is 88.8 Å². The first-order chi connectivity index (χ1) is 15.4. The highest BCUT2D eigenvalue weighted by atomic mass is 32.2. The predicted octanol–water partition coefficient (Wildman–Crippen LogP) is 4.03. The number of rotatable bonds is 6. The van der Waals surface area contributed by atoms with Gasteiger partial charge in [0, 0.05) is 35.7 Å². The van der Waals surface area contributed by atoms with Crippen molar-refractivity contribution in [3.05, 3.63) is 75.5 Å². The smallest absolute Gasteiger partial charge is 0.336 e. The third-order valence-electron chi connectivity index (χ3n) is 4.76. The van der Waals surface area contributed by atoms with Crippen molar-refractivity contribution in [2.45, 2.75) is 6.42 Å². The maximum atomic E-state index is 12.8. The number of benzene rings is 2. The second-order valence-electron chi connectivity index (χ2n) is 6.88. The summed E-state index contributed by atoms with van der Waals surface area (Å²) >= 11 is 6.55. The molecule has 1 aliphatic heterocycles. The van der Waals surface area contributed by atoms with Crippen molar-refractivity contribution in [2.75, 3.05) is 19.0 Å². The molecule has 0 atom stereocenters. The van der Waals surface area contributed by atoms with E-state index >= 15 is 0 Å². The number of nitrogens with zero attached hydrogens (tertiary/aromatic N) is 1. The molecule has 0 saturated carbocycles. The Morgan fingerprint density at radius 1 is 1.19 bits per heavy atom. The van der Waals surface area contributed by atoms with E-state index in [-0.39, 0.29) is 24.8 Å². The summed E-state index contributed by atoms with van der Waals surface area (Å²) in [5.74, 6) is 0.163. The summed E-state index contributed by atoms with van der Waals surface area (Å²) in [6, 6.07) is 15.3. The molecule has 1 aromatic heterocycles. The normalized spacial score (nSPS) is 14.9. The van der Waals surface area contributed by atoms with Crippen LogP contribution < -0.4 is 15.7 Å². The maximum Gasteiger partial charge on any atom is 0.336 e. The van der Waals surface area contributed by atoms with E-state index in [1.54, 1.807) is 37.5 Å². The minimum Gasteiger partial charge on any atom is -0.496 e. The van der Waals surface area contributed by atoms with Gasteiger partial charge in [0.2, 0.25) is 5.91 Å². The highest BCUT2D eigenvalue weighted by molar-refractivity contribution is 8.26. The van der Waals surface area contributed by atoms with Gasteiger partial charge in [0.05, 0.1) is 12.0 Å². The van der Waals surface area contributed by atoms with Crippen molar-refractivity contribution in [3.8, 4) is 5.75 Å². The Balaban J connectivity index is 1.40. The molecule has 0 spiro atoms. The molecule has 2 heterocycles. The van der Waals surface area contributed by atoms with Gasteiger partial charge in [-0.2, -0.15) is 0 Å². The lowest BCUT2D eigenvalue weighted by molar-refractivity contribution is -0.122. The molecule has 7 nitrogen and oxygen atoms in total. The molecule has 4 rings (SSSR count). The van der Waals surface area contributed by atoms with E-state index in [2.05, 4.69) is 5.32 Å². The van der Waals surface area contributed by atoms with Crippen LogP contribution in [0.1, 0.15) is 12.0 Å². The summed E-state index contributed by atoms with van der Waals surface area (Å²) in [6.45, 7) is 0.169. The molecule has 2 aromatic carbocycles. The summed E-state index contributed by atoms with van der Waals surface area (Å²) in [4.78, 5) is 38.4. The lowest BCUT2D eigenvalue weighted by Crippen LogP contribution is -2.31. The molecule has 1 fully saturated rings. The largest absolute Gasteiger partial charge is 0.496 e. The van der Waals surface area contributed by atoms with Crippen LogP contribution >= 0.6 is 24.0 Å². The molecule has 0 unspecified atom stereocenters. The average molecular weight is 467 g/mol. The fourth-order valence-electron chi connectivity index (χ4n) is 3.21. The summed E-state index contributed by atoms with van der Waals surface area (Å²) < 4.78 is 10.8. The lowest BCUT2D eigenvalue weighted by Gasteiger charge is -2.14. The van der Waals surface area contributed by atoms with E-state index < -0.39 is 5.63 Å². The van der Waals surface area contributed by atoms with Crippen molar-refractivity contribution in [1.82, 2.24) is 4.90 Å². The number of anilines is 1. The van der Waals surface area contributed by atoms with Crippen LogP contribution in [0.25, 0.3) is 17.0 Å². The Morgan fingerprint density at radius 3 is 2.81 bits per heavy atom. The zero-order valence-electron chi connectivity index (χ0n) is 17.0. The average Bonchev–Trinajstić information content (AvgIpc) is 3.05. The van der Waals surface area contributed by atoms with Crippen LogP contribution in [0.5, 0.6) is 5.75 Å². The van der Waals surface area contributed by atoms with Crippen LogP contribution in [-0.2, 0) is 9.59 Å². The lowest BCUT2D eigenvalue weighted by atomic mass is 10.2. The van der Waals surface area contributed by atoms with Crippen molar-refractivity contribution in [1.29, 1.82) is 0 Å². The number of thiocarbonyl (C=S) groups is 1. The van der Waals surface area contributed by atoms with Crippen LogP contribution in [0.2, 0.25) is 0 Å². The SMILES string of the molecule is COc1ccccc1C=C1SC(=S)N(CCC(=O)Nc2ccc3oc(=O)ccc3c2)C1=O. The molecular weight excluding hydrogens is 448 g/mol. The van der Waals surface area contributed by atoms with Gasteiger partial charge < -0.3 is 14.5 Å². The third kappa shape index (κ3) is 4.74. The van der Waals surface area contributed by atoms with Gasteiger partial charge in [0.25, 0.3) is 5.91 Å². The highest BCUT2D eigenvalue weighted by Crippen LogP contribution is 2.34. The summed E-state index contributed by atoms with van der Waals surface area (Å²) in [7, 11) is 1.57. The molecular formula is C23H18N2O5S2. The summed E-state index contributed by atoms with van der Waals surface area (Å²) in [6.07, 6.45) is 1.82. The van der Waals surface area contributed by atoms with Crippen LogP contribution in [0.15, 0.2) is 68.7 Å². The predicted molar refractivity (Wildman–Crippen MR) is 129 cm³/mol. The van der Waals surface area contributed by atoms with Gasteiger partial charge in [-0.25, -0.2) is 4.79 Å². The van der Waals surface area contributed by atoms with Crippen molar-refractivity contribution >= 4 is 62.8 Å². The molecule has 32 heavy (non-hydrogen) atoms. The molecule has 1 N–H and O–H groups in total. The number of hydrogen-bond donors (Lipinski definition) is 1. The minimum absolute atomic E-state index is 0.0797. The number of carbonyl (C=O) groups is 2. The van der Waals surface area contributed by atoms with E-state index in [1.807, 2.05) is 24.3 Å². The number of carbonyl (C=O) groups excluding carboxylic acids is 2. The second-order valence-corrected chi connectivity index (χ2v) is 8.56. The molecule has 0 bridgehead atoms. The second kappa shape index (κ2) is 9.37. The van der Waals surface area contributed by atoms with E-state index in [0.717, 1.165) is 5.56 Å². The standard InChI is InChI=1S/C23H18N2O5S2/c1-29-17-5-3-2-4-14(17)13-19-22(28)25(23(31)32-19)11-10-20(26)24-16-7-8-18-15(12-16)6-9-21(27)30-18/h2-9,12-13H,10-11H2,1H3,(H,24,26). The highest BCUT2D eigenvalue weighted by Gasteiger charge is 2.32. The number of methoxy groups -OCH3 is 1. The van der Waals surface area contributed by atoms with Gasteiger partial charge in [0.15, 0.2) is 0 Å². The van der Waals surface area contributed by atoms with Gasteiger partial charge >= 0.3 is 5.63 Å². The first-order valence-electron chi connectivity index (χ1n) is 9.67. The fourth-order valence-corrected chi connectivity index (χ4v) is 4.51. The monoisotopic (exact) mass is 466 g/mol. The van der Waals surface area contributed by atoms with E-state index in [9.17, 15) is 14.4 Å². The number of nitrogens with one attached hydrogen (secondary N) is 1. The first kappa shape index (κ1) is 21.8. The number of para-hydroxylation sites is 1. The molecule has 2 amide bonds. The van der Waals surface area contributed by atoms with Gasteiger partial charge in [-0.1, -0.05) is 42.2 Å². The van der Waals surface area contributed by atoms with Crippen molar-refractivity contribution in [3.63, 3.8) is 0 Å². The van der Waals surface area contributed by atoms with Gasteiger partial charge in [-0.3, -0.25) is 14.5 Å². The van der Waals surface area contributed by atoms with E-state index in [4.69, 9.17) is 21.4 Å². The minimum atomic E-state index is -0.433. The van der Waals surface area contributed by atoms with Gasteiger partial charge in [0.1, 0.15) is 15.7 Å². The fraction of sp³-hybridized carbons (Fsp3) is 0.130. The molecule has 1 saturated heterocycles. The molecule has 162 valence electrons. The number of ether oxygens (including phenoxy) is 1. The van der Waals surface area contributed by atoms with Crippen LogP contribution in [-0.4, -0.2) is 34.7 Å². The van der Waals surface area contributed by atoms with Crippen LogP contribution in [0.4, 0.5) is 5.69 Å². The third-order valence-corrected chi connectivity index (χ3v) is 6.14. The molecule has 3 aromatic rings. The number of hydrogen-bond acceptors (Lipinski definition) is 7. The van der Waals surface area contributed by atoms with Crippen molar-refractivity contribution < 1.29 is 18.7 Å². The zero-order chi connectivity index (χ0) is 22.7. The first-order valence-corrected chi connectivity index (χ1v) is 10.9. The number of thioether (sulfide) groups is 1. The molecule has 0 aliphatic carbocycles. The van der Waals surface area contributed by atoms with E-state index in [0.29, 0.717) is 31.6 Å².